The zero-order chi connectivity index (χ0) is 86.5. The molecule has 1 aliphatic carbocycles. The number of ether oxygens (including phenoxy) is 5. The smallest absolute Gasteiger partial charge is 0.368 e. The summed E-state index contributed by atoms with van der Waals surface area (Å²) in [6.07, 6.45) is 2.22. The van der Waals surface area contributed by atoms with E-state index in [0.29, 0.717) is 107 Å². The van der Waals surface area contributed by atoms with Crippen LogP contribution in [0.2, 0.25) is 5.02 Å². The Kier molecular flexibility index (Phi) is 40.0. The maximum atomic E-state index is 13.7. The van der Waals surface area contributed by atoms with E-state index in [2.05, 4.69) is 98.4 Å². The molecule has 0 amide bonds. The molecule has 639 valence electrons. The third-order valence-electron chi connectivity index (χ3n) is 19.1. The van der Waals surface area contributed by atoms with E-state index in [1.54, 1.807) is 121 Å². The summed E-state index contributed by atoms with van der Waals surface area (Å²) >= 11 is 9.70. The van der Waals surface area contributed by atoms with E-state index in [9.17, 15) is 45.9 Å². The minimum atomic E-state index is -0.475. The van der Waals surface area contributed by atoms with E-state index in [0.717, 1.165) is 68.5 Å². The summed E-state index contributed by atoms with van der Waals surface area (Å²) in [5.74, 6) is 0.346. The molecule has 126 heavy (non-hydrogen) atoms. The summed E-state index contributed by atoms with van der Waals surface area (Å²) in [4.78, 5) is 60.6. The molecule has 1 saturated carbocycles. The molecular formula is C84H74BrClF5N20O10Y5-5. The average Bonchev–Trinajstić information content (AvgIpc) is 1.62. The first-order chi connectivity index (χ1) is 58.1. The monoisotopic (exact) mass is 2180 g/mol. The zero-order valence-electron chi connectivity index (χ0n) is 69.6. The van der Waals surface area contributed by atoms with Crippen LogP contribution in [0.1, 0.15) is 85.5 Å². The molecule has 0 bridgehead atoms. The molecule has 5 radical (unpaired) electrons. The predicted octanol–water partition coefficient (Wildman–Crippen LogP) is 11.6. The van der Waals surface area contributed by atoms with Gasteiger partial charge in [0, 0.05) is 294 Å². The summed E-state index contributed by atoms with van der Waals surface area (Å²) < 4.78 is 109. The van der Waals surface area contributed by atoms with E-state index in [1.165, 1.54) is 81.9 Å². The van der Waals surface area contributed by atoms with Gasteiger partial charge in [-0.25, -0.2) is 45.9 Å². The van der Waals surface area contributed by atoms with E-state index in [4.69, 9.17) is 35.3 Å². The van der Waals surface area contributed by atoms with Gasteiger partial charge in [0.05, 0.1) is 28.4 Å². The van der Waals surface area contributed by atoms with Crippen LogP contribution in [-0.2, 0) is 232 Å². The van der Waals surface area contributed by atoms with Gasteiger partial charge >= 0.3 is 28.4 Å². The summed E-state index contributed by atoms with van der Waals surface area (Å²) in [6.45, 7) is 10.8. The van der Waals surface area contributed by atoms with E-state index in [-0.39, 0.29) is 219 Å². The van der Waals surface area contributed by atoms with Crippen LogP contribution in [0.4, 0.5) is 22.0 Å². The first kappa shape index (κ1) is 105. The number of nitrogens with zero attached hydrogens (tertiary/aromatic N) is 20. The fourth-order valence-corrected chi connectivity index (χ4v) is 12.6. The van der Waals surface area contributed by atoms with Crippen molar-refractivity contribution in [2.24, 2.45) is 35.2 Å². The van der Waals surface area contributed by atoms with Crippen LogP contribution in [0.15, 0.2) is 186 Å². The van der Waals surface area contributed by atoms with Crippen LogP contribution in [-0.4, -0.2) is 99.0 Å². The molecule has 0 unspecified atom stereocenters. The Bertz CT molecular complexity index is 6250. The second-order valence-corrected chi connectivity index (χ2v) is 28.4. The minimum absolute atomic E-state index is 0. The minimum Gasteiger partial charge on any atom is -0.514 e. The largest absolute Gasteiger partial charge is 0.514 e. The Morgan fingerprint density at radius 2 is 0.619 bits per heavy atom. The van der Waals surface area contributed by atoms with Crippen LogP contribution in [0.3, 0.4) is 0 Å². The number of para-hydroxylation sites is 1. The second-order valence-electron chi connectivity index (χ2n) is 27.1. The van der Waals surface area contributed by atoms with E-state index < -0.39 is 34.8 Å². The Labute approximate surface area is 856 Å². The first-order valence-electron chi connectivity index (χ1n) is 36.9. The van der Waals surface area contributed by atoms with Crippen molar-refractivity contribution in [1.29, 1.82) is 0 Å². The van der Waals surface area contributed by atoms with Crippen LogP contribution in [0.25, 0.3) is 28.4 Å². The molecule has 0 N–H and O–H groups in total. The maximum Gasteiger partial charge on any atom is 0.368 e. The molecule has 30 nitrogen and oxygen atoms in total. The van der Waals surface area contributed by atoms with Crippen molar-refractivity contribution in [3.8, 4) is 57.2 Å². The molecule has 5 heterocycles. The number of aromatic nitrogens is 20. The van der Waals surface area contributed by atoms with Crippen molar-refractivity contribution >= 4 is 27.5 Å². The van der Waals surface area contributed by atoms with Crippen molar-refractivity contribution in [2.75, 3.05) is 0 Å². The van der Waals surface area contributed by atoms with Gasteiger partial charge in [-0.15, -0.1) is 60.7 Å². The summed E-state index contributed by atoms with van der Waals surface area (Å²) in [7, 11) is 7.63. The van der Waals surface area contributed by atoms with Gasteiger partial charge in [-0.05, 0) is 131 Å². The number of tetrazole rings is 5. The Balaban J connectivity index is 0.000000214. The predicted molar refractivity (Wildman–Crippen MR) is 434 cm³/mol. The Hall–Kier alpha value is -8.51. The number of rotatable bonds is 21. The van der Waals surface area contributed by atoms with Crippen molar-refractivity contribution in [3.05, 3.63) is 346 Å². The Morgan fingerprint density at radius 1 is 0.341 bits per heavy atom. The zero-order valence-corrected chi connectivity index (χ0v) is 86.1. The molecular weight excluding hydrogens is 2100 g/mol. The second kappa shape index (κ2) is 48.2. The van der Waals surface area contributed by atoms with Crippen molar-refractivity contribution < 1.29 is 209 Å². The number of hydrogen-bond acceptors (Lipinski definition) is 20. The number of halogens is 7. The molecule has 1 fully saturated rings. The quantitative estimate of drug-likeness (QED) is 0.0476. The molecule has 16 rings (SSSR count). The maximum absolute atomic E-state index is 13.7. The molecule has 10 aromatic carbocycles. The van der Waals surface area contributed by atoms with Gasteiger partial charge in [-0.1, -0.05) is 145 Å². The van der Waals surface area contributed by atoms with Gasteiger partial charge in [-0.2, -0.15) is 77.1 Å². The molecule has 1 aliphatic rings. The van der Waals surface area contributed by atoms with Crippen LogP contribution < -0.4 is 52.1 Å². The third-order valence-corrected chi connectivity index (χ3v) is 20.2. The van der Waals surface area contributed by atoms with Crippen molar-refractivity contribution in [3.63, 3.8) is 0 Å². The SMILES string of the molecule is Cc1c(F)[c-]ccc1OCc1c(Br)cccc1-n1nnn(C)c1=O.Cc1c(F)[c-]ccc1OCc1c(C2CC2)cccc1-n1nnn(C)c1=O.Cc1c(F)[c-]ccc1OCc1c(Cl)cccc1-n1nnn(C)c1=O.Cc1c(F)[c-]ccc1OCc1ccccc1-n1nnn(C)c1=O.Cc1cccc(-n2nnn(C)c2=O)c1COc1cc[c-]c(F)c1C.[Y].[Y].[Y].[Y].[Y]. The van der Waals surface area contributed by atoms with Crippen LogP contribution in [0, 0.1) is 101 Å². The normalized spacial score (nSPS) is 11.0. The standard InChI is InChI=1S/C19H18FN4O2.C17H16FN4O2.C16H13BrFN4O2.C16H13ClFN4O2.C16H14FN4O2.5Y/c1-12-16(20)6-4-8-18(12)26-11-15-14(13-9-10-13)5-3-7-17(15)24-19(25)23(2)21-22-24;1-11-6-4-8-15(22-17(23)21(3)19-20-22)13(11)10-24-16-9-5-7-14(18)12(16)2;2*1-10-13(18)6-4-8-15(10)24-9-11-12(17)5-3-7-14(11)22-16(23)21(2)19-20-22;1-11-13(17)7-5-9-15(11)23-10-12-6-3-4-8-14(12)21-16(22)20(2)18-19-21;;;;;/h3-5,7-8,13H,9-11H2,1-2H3;4-6,8-9H,10H2,1-3H3;2*3-5,7-8H,9H2,1-2H3;3-6,8-9H,10H2,1-2H3;;;;;/q5*-1;;;;;. The van der Waals surface area contributed by atoms with Crippen molar-refractivity contribution in [1.82, 2.24) is 99.0 Å². The van der Waals surface area contributed by atoms with Gasteiger partial charge in [0.15, 0.2) is 0 Å². The topological polar surface area (TPSA) is 310 Å². The fraction of sp³-hybridized carbons (Fsp3) is 0.226. The fourth-order valence-electron chi connectivity index (χ4n) is 11.9. The van der Waals surface area contributed by atoms with Gasteiger partial charge < -0.3 is 23.7 Å². The van der Waals surface area contributed by atoms with Crippen LogP contribution in [0.5, 0.6) is 28.7 Å². The average molecular weight is 2180 g/mol. The Morgan fingerprint density at radius 3 is 0.976 bits per heavy atom. The van der Waals surface area contributed by atoms with Crippen LogP contribution >= 0.6 is 27.5 Å². The van der Waals surface area contributed by atoms with Gasteiger partial charge in [0.2, 0.25) is 0 Å². The molecule has 0 atom stereocenters. The van der Waals surface area contributed by atoms with E-state index in [1.807, 2.05) is 55.5 Å². The molecule has 0 spiro atoms. The summed E-state index contributed by atoms with van der Waals surface area (Å²) in [5.41, 5.74) is 8.67. The first-order valence-corrected chi connectivity index (χ1v) is 38.0. The van der Waals surface area contributed by atoms with Gasteiger partial charge in [0.1, 0.15) is 33.0 Å². The molecule has 0 aliphatic heterocycles. The number of hydrogen-bond donors (Lipinski definition) is 0. The summed E-state index contributed by atoms with van der Waals surface area (Å²) in [6, 6.07) is 56.9. The molecule has 42 heteroatoms. The number of aryl methyl sites for hydroxylation is 6. The molecule has 15 aromatic rings. The van der Waals surface area contributed by atoms with Gasteiger partial charge in [-0.3, -0.25) is 0 Å². The third kappa shape index (κ3) is 25.1. The molecule has 5 aromatic heterocycles. The van der Waals surface area contributed by atoms with Gasteiger partial charge in [0.25, 0.3) is 0 Å². The molecule has 0 saturated heterocycles. The number of benzene rings is 10. The van der Waals surface area contributed by atoms with E-state index >= 15 is 0 Å². The summed E-state index contributed by atoms with van der Waals surface area (Å²) in [5, 5.41) is 38.3. The van der Waals surface area contributed by atoms with Crippen molar-refractivity contribution in [2.45, 2.75) is 93.3 Å².